The van der Waals surface area contributed by atoms with E-state index in [1.807, 2.05) is 0 Å². The first-order valence-electron chi connectivity index (χ1n) is 5.95. The number of imide groups is 1. The quantitative estimate of drug-likeness (QED) is 0.590. The third-order valence-corrected chi connectivity index (χ3v) is 3.41. The van der Waals surface area contributed by atoms with Crippen molar-refractivity contribution in [2.24, 2.45) is 16.1 Å². The second-order valence-corrected chi connectivity index (χ2v) is 4.61. The first-order chi connectivity index (χ1) is 9.09. The van der Waals surface area contributed by atoms with Crippen molar-refractivity contribution in [3.05, 3.63) is 29.8 Å². The van der Waals surface area contributed by atoms with Crippen molar-refractivity contribution in [3.63, 3.8) is 0 Å². The third-order valence-electron chi connectivity index (χ3n) is 3.41. The lowest BCUT2D eigenvalue weighted by Gasteiger charge is -2.14. The van der Waals surface area contributed by atoms with Gasteiger partial charge in [0.1, 0.15) is 0 Å². The van der Waals surface area contributed by atoms with Gasteiger partial charge in [0.15, 0.2) is 11.8 Å². The minimum atomic E-state index is -0.667. The highest BCUT2D eigenvalue weighted by Gasteiger charge is 2.50. The summed E-state index contributed by atoms with van der Waals surface area (Å²) in [4.78, 5) is 36.6. The molecule has 2 aliphatic heterocycles. The van der Waals surface area contributed by atoms with Gasteiger partial charge in [-0.3, -0.25) is 14.4 Å². The Balaban J connectivity index is 1.94. The van der Waals surface area contributed by atoms with Crippen LogP contribution in [0.15, 0.2) is 34.5 Å². The van der Waals surface area contributed by atoms with E-state index in [1.54, 1.807) is 24.3 Å². The van der Waals surface area contributed by atoms with Crippen molar-refractivity contribution in [2.75, 3.05) is 11.4 Å². The average Bonchev–Trinajstić information content (AvgIpc) is 2.95. The van der Waals surface area contributed by atoms with Crippen LogP contribution in [0.2, 0.25) is 0 Å². The van der Waals surface area contributed by atoms with Crippen LogP contribution in [0.25, 0.3) is 0 Å². The molecule has 0 saturated carbocycles. The molecule has 96 valence electrons. The van der Waals surface area contributed by atoms with Crippen molar-refractivity contribution in [3.8, 4) is 0 Å². The Bertz CT molecular complexity index is 606. The minimum absolute atomic E-state index is 0.0590. The minimum Gasteiger partial charge on any atom is -0.295 e. The van der Waals surface area contributed by atoms with Crippen molar-refractivity contribution >= 4 is 23.3 Å². The van der Waals surface area contributed by atoms with Crippen LogP contribution in [-0.4, -0.2) is 30.2 Å². The van der Waals surface area contributed by atoms with Gasteiger partial charge in [-0.15, -0.1) is 0 Å². The highest BCUT2D eigenvalue weighted by molar-refractivity contribution is 6.23. The lowest BCUT2D eigenvalue weighted by atomic mass is 10.1. The maximum absolute atomic E-state index is 12.1. The van der Waals surface area contributed by atoms with Gasteiger partial charge < -0.3 is 0 Å². The van der Waals surface area contributed by atoms with Gasteiger partial charge in [-0.05, 0) is 31.2 Å². The van der Waals surface area contributed by atoms with E-state index in [0.29, 0.717) is 11.3 Å². The van der Waals surface area contributed by atoms with Crippen LogP contribution in [0.1, 0.15) is 17.3 Å². The van der Waals surface area contributed by atoms with Crippen molar-refractivity contribution in [1.82, 2.24) is 0 Å². The van der Waals surface area contributed by atoms with E-state index in [9.17, 15) is 14.4 Å². The van der Waals surface area contributed by atoms with E-state index in [0.717, 1.165) is 4.90 Å². The second-order valence-electron chi connectivity index (χ2n) is 4.61. The molecule has 1 saturated heterocycles. The summed E-state index contributed by atoms with van der Waals surface area (Å²) in [6.45, 7) is 1.74. The Morgan fingerprint density at radius 3 is 2.47 bits per heavy atom. The maximum Gasteiger partial charge on any atom is 0.261 e. The number of azo groups is 1. The Morgan fingerprint density at radius 2 is 1.89 bits per heavy atom. The SMILES string of the molecule is CC(=O)c1ccc(N2C(=O)[C@@H]3CN=N[C@H]3C2=O)cc1. The zero-order valence-electron chi connectivity index (χ0n) is 10.2. The van der Waals surface area contributed by atoms with Gasteiger partial charge in [0, 0.05) is 5.56 Å². The van der Waals surface area contributed by atoms with Crippen LogP contribution in [0.5, 0.6) is 0 Å². The molecule has 0 spiro atoms. The Labute approximate surface area is 109 Å². The van der Waals surface area contributed by atoms with E-state index in [-0.39, 0.29) is 24.1 Å². The molecule has 2 amide bonds. The number of carbonyl (C=O) groups excluding carboxylic acids is 3. The topological polar surface area (TPSA) is 79.2 Å². The molecular weight excluding hydrogens is 246 g/mol. The van der Waals surface area contributed by atoms with Gasteiger partial charge in [-0.25, -0.2) is 4.90 Å². The number of amides is 2. The molecule has 0 unspecified atom stereocenters. The molecular formula is C13H11N3O3. The molecule has 6 heteroatoms. The lowest BCUT2D eigenvalue weighted by Crippen LogP contribution is -2.32. The number of nitrogens with zero attached hydrogens (tertiary/aromatic N) is 3. The Morgan fingerprint density at radius 1 is 1.21 bits per heavy atom. The zero-order valence-corrected chi connectivity index (χ0v) is 10.2. The molecule has 0 radical (unpaired) electrons. The fourth-order valence-corrected chi connectivity index (χ4v) is 2.34. The highest BCUT2D eigenvalue weighted by Crippen LogP contribution is 2.32. The van der Waals surface area contributed by atoms with Crippen molar-refractivity contribution < 1.29 is 14.4 Å². The standard InChI is InChI=1S/C13H11N3O3/c1-7(17)8-2-4-9(5-3-8)16-12(18)10-6-14-15-11(10)13(16)19/h2-5,10-11H,6H2,1H3/t10-,11-/m1/s1. The molecule has 6 nitrogen and oxygen atoms in total. The number of fused-ring (bicyclic) bond motifs is 1. The summed E-state index contributed by atoms with van der Waals surface area (Å²) in [5.41, 5.74) is 1.02. The molecule has 19 heavy (non-hydrogen) atoms. The number of carbonyl (C=O) groups is 3. The fourth-order valence-electron chi connectivity index (χ4n) is 2.34. The summed E-state index contributed by atoms with van der Waals surface area (Å²) in [6, 6.07) is 5.75. The molecule has 0 aromatic heterocycles. The number of anilines is 1. The van der Waals surface area contributed by atoms with Gasteiger partial charge >= 0.3 is 0 Å². The zero-order chi connectivity index (χ0) is 13.6. The van der Waals surface area contributed by atoms with E-state index in [1.165, 1.54) is 6.92 Å². The van der Waals surface area contributed by atoms with E-state index in [2.05, 4.69) is 10.2 Å². The molecule has 2 aliphatic rings. The molecule has 3 rings (SSSR count). The predicted molar refractivity (Wildman–Crippen MR) is 65.9 cm³/mol. The normalized spacial score (nSPS) is 25.0. The molecule has 1 fully saturated rings. The fraction of sp³-hybridized carbons (Fsp3) is 0.308. The number of ketones is 1. The van der Waals surface area contributed by atoms with Crippen LogP contribution < -0.4 is 4.90 Å². The average molecular weight is 257 g/mol. The van der Waals surface area contributed by atoms with Crippen molar-refractivity contribution in [2.45, 2.75) is 13.0 Å². The summed E-state index contributed by atoms with van der Waals surface area (Å²) in [7, 11) is 0. The summed E-state index contributed by atoms with van der Waals surface area (Å²) >= 11 is 0. The van der Waals surface area contributed by atoms with Gasteiger partial charge in [0.25, 0.3) is 5.91 Å². The maximum atomic E-state index is 12.1. The van der Waals surface area contributed by atoms with Crippen molar-refractivity contribution in [1.29, 1.82) is 0 Å². The van der Waals surface area contributed by atoms with E-state index >= 15 is 0 Å². The van der Waals surface area contributed by atoms with E-state index in [4.69, 9.17) is 0 Å². The number of Topliss-reactive ketones (excluding diaryl/α,β-unsaturated/α-hetero) is 1. The van der Waals surface area contributed by atoms with Crippen LogP contribution in [-0.2, 0) is 9.59 Å². The second kappa shape index (κ2) is 4.08. The van der Waals surface area contributed by atoms with Crippen LogP contribution in [0.4, 0.5) is 5.69 Å². The van der Waals surface area contributed by atoms with Crippen LogP contribution in [0, 0.1) is 5.92 Å². The molecule has 0 aliphatic carbocycles. The summed E-state index contributed by atoms with van der Waals surface area (Å²) in [6.07, 6.45) is 0. The molecule has 1 aromatic rings. The van der Waals surface area contributed by atoms with Gasteiger partial charge in [-0.1, -0.05) is 0 Å². The third kappa shape index (κ3) is 1.68. The Kier molecular flexibility index (Phi) is 2.51. The lowest BCUT2D eigenvalue weighted by molar-refractivity contribution is -0.122. The number of hydrogen-bond donors (Lipinski definition) is 0. The first-order valence-corrected chi connectivity index (χ1v) is 5.95. The summed E-state index contributed by atoms with van der Waals surface area (Å²) < 4.78 is 0. The monoisotopic (exact) mass is 257 g/mol. The van der Waals surface area contributed by atoms with Gasteiger partial charge in [0.2, 0.25) is 5.91 Å². The van der Waals surface area contributed by atoms with Gasteiger partial charge in [-0.2, -0.15) is 10.2 Å². The molecule has 0 bridgehead atoms. The van der Waals surface area contributed by atoms with Crippen LogP contribution in [0.3, 0.4) is 0 Å². The molecule has 2 atom stereocenters. The highest BCUT2D eigenvalue weighted by atomic mass is 16.2. The number of hydrogen-bond acceptors (Lipinski definition) is 5. The Hall–Kier alpha value is -2.37. The summed E-state index contributed by atoms with van der Waals surface area (Å²) in [5, 5.41) is 7.56. The predicted octanol–water partition coefficient (Wildman–Crippen LogP) is 1.21. The number of benzene rings is 1. The van der Waals surface area contributed by atoms with Crippen LogP contribution >= 0.6 is 0 Å². The smallest absolute Gasteiger partial charge is 0.261 e. The number of rotatable bonds is 2. The van der Waals surface area contributed by atoms with Gasteiger partial charge in [0.05, 0.1) is 18.2 Å². The summed E-state index contributed by atoms with van der Waals surface area (Å²) in [5.74, 6) is -1.13. The molecule has 1 aromatic carbocycles. The first kappa shape index (κ1) is 11.7. The molecule has 2 heterocycles. The van der Waals surface area contributed by atoms with E-state index < -0.39 is 12.0 Å². The molecule has 0 N–H and O–H groups in total. The largest absolute Gasteiger partial charge is 0.295 e.